The van der Waals surface area contributed by atoms with Crippen molar-refractivity contribution in [3.8, 4) is 0 Å². The number of hydrogen-bond acceptors (Lipinski definition) is 2. The standard InChI is InChI=1S/C10H10ClNO/c1-6-5-8(11)7-3-2-4-9(13)10(7)12-6/h5H,2-4H2,1H3. The van der Waals surface area contributed by atoms with E-state index in [0.29, 0.717) is 17.1 Å². The smallest absolute Gasteiger partial charge is 0.181 e. The summed E-state index contributed by atoms with van der Waals surface area (Å²) in [6.45, 7) is 1.86. The van der Waals surface area contributed by atoms with Gasteiger partial charge < -0.3 is 0 Å². The Hall–Kier alpha value is -0.890. The van der Waals surface area contributed by atoms with Crippen LogP contribution in [0.25, 0.3) is 0 Å². The first kappa shape index (κ1) is 8.70. The molecule has 0 saturated heterocycles. The van der Waals surface area contributed by atoms with Crippen molar-refractivity contribution in [2.75, 3.05) is 0 Å². The molecule has 0 unspecified atom stereocenters. The second kappa shape index (κ2) is 3.11. The Labute approximate surface area is 81.9 Å². The molecular formula is C10H10ClNO. The van der Waals surface area contributed by atoms with Crippen LogP contribution in [0.3, 0.4) is 0 Å². The molecule has 0 bridgehead atoms. The maximum Gasteiger partial charge on any atom is 0.181 e. The summed E-state index contributed by atoms with van der Waals surface area (Å²) in [6, 6.07) is 1.82. The predicted octanol–water partition coefficient (Wildman–Crippen LogP) is 2.56. The van der Waals surface area contributed by atoms with Crippen molar-refractivity contribution < 1.29 is 4.79 Å². The molecule has 0 spiro atoms. The van der Waals surface area contributed by atoms with Crippen LogP contribution in [0.5, 0.6) is 0 Å². The zero-order chi connectivity index (χ0) is 9.42. The fourth-order valence-corrected chi connectivity index (χ4v) is 2.01. The highest BCUT2D eigenvalue weighted by molar-refractivity contribution is 6.32. The molecule has 3 heteroatoms. The van der Waals surface area contributed by atoms with Gasteiger partial charge in [0.05, 0.1) is 0 Å². The van der Waals surface area contributed by atoms with Crippen molar-refractivity contribution in [3.63, 3.8) is 0 Å². The average Bonchev–Trinajstić information content (AvgIpc) is 2.07. The van der Waals surface area contributed by atoms with E-state index in [2.05, 4.69) is 4.98 Å². The van der Waals surface area contributed by atoms with Crippen LogP contribution in [0, 0.1) is 6.92 Å². The summed E-state index contributed by atoms with van der Waals surface area (Å²) in [6.07, 6.45) is 2.39. The number of carbonyl (C=O) groups excluding carboxylic acids is 1. The number of aromatic nitrogens is 1. The lowest BCUT2D eigenvalue weighted by atomic mass is 9.95. The number of rotatable bonds is 0. The zero-order valence-corrected chi connectivity index (χ0v) is 8.19. The summed E-state index contributed by atoms with van der Waals surface area (Å²) in [4.78, 5) is 15.7. The molecule has 0 radical (unpaired) electrons. The van der Waals surface area contributed by atoms with E-state index in [9.17, 15) is 4.79 Å². The van der Waals surface area contributed by atoms with Gasteiger partial charge in [0.2, 0.25) is 0 Å². The minimum absolute atomic E-state index is 0.131. The first-order chi connectivity index (χ1) is 6.18. The molecule has 13 heavy (non-hydrogen) atoms. The fraction of sp³-hybridized carbons (Fsp3) is 0.400. The van der Waals surface area contributed by atoms with Gasteiger partial charge in [-0.2, -0.15) is 0 Å². The number of aryl methyl sites for hydroxylation is 1. The molecule has 0 fully saturated rings. The monoisotopic (exact) mass is 195 g/mol. The minimum atomic E-state index is 0.131. The quantitative estimate of drug-likeness (QED) is 0.637. The van der Waals surface area contributed by atoms with Gasteiger partial charge in [-0.25, -0.2) is 4.98 Å². The summed E-state index contributed by atoms with van der Waals surface area (Å²) in [5.41, 5.74) is 2.35. The number of halogens is 1. The average molecular weight is 196 g/mol. The van der Waals surface area contributed by atoms with Crippen molar-refractivity contribution >= 4 is 17.4 Å². The maximum atomic E-state index is 11.5. The fourth-order valence-electron chi connectivity index (χ4n) is 1.67. The Kier molecular flexibility index (Phi) is 2.08. The molecule has 0 atom stereocenters. The highest BCUT2D eigenvalue weighted by Crippen LogP contribution is 2.26. The van der Waals surface area contributed by atoms with Crippen LogP contribution in [0.4, 0.5) is 0 Å². The summed E-state index contributed by atoms with van der Waals surface area (Å²) in [5.74, 6) is 0.131. The summed E-state index contributed by atoms with van der Waals surface area (Å²) >= 11 is 6.02. The first-order valence-corrected chi connectivity index (χ1v) is 4.75. The molecule has 68 valence electrons. The van der Waals surface area contributed by atoms with Crippen LogP contribution in [0.1, 0.15) is 34.6 Å². The van der Waals surface area contributed by atoms with Crippen LogP contribution >= 0.6 is 11.6 Å². The Morgan fingerprint density at radius 3 is 3.00 bits per heavy atom. The lowest BCUT2D eigenvalue weighted by Crippen LogP contribution is -2.14. The Morgan fingerprint density at radius 1 is 1.46 bits per heavy atom. The molecule has 1 aromatic rings. The van der Waals surface area contributed by atoms with Gasteiger partial charge in [0.1, 0.15) is 5.69 Å². The summed E-state index contributed by atoms with van der Waals surface area (Å²) in [5, 5.41) is 0.690. The third-order valence-electron chi connectivity index (χ3n) is 2.29. The van der Waals surface area contributed by atoms with Crippen molar-refractivity contribution in [2.24, 2.45) is 0 Å². The van der Waals surface area contributed by atoms with Crippen LogP contribution in [0.2, 0.25) is 5.02 Å². The molecule has 0 saturated carbocycles. The molecule has 1 aromatic heterocycles. The van der Waals surface area contributed by atoms with E-state index in [-0.39, 0.29) is 5.78 Å². The van der Waals surface area contributed by atoms with Crippen molar-refractivity contribution in [3.05, 3.63) is 28.0 Å². The number of nitrogens with zero attached hydrogens (tertiary/aromatic N) is 1. The number of carbonyl (C=O) groups is 1. The van der Waals surface area contributed by atoms with Gasteiger partial charge in [0.15, 0.2) is 5.78 Å². The van der Waals surface area contributed by atoms with Crippen LogP contribution < -0.4 is 0 Å². The minimum Gasteiger partial charge on any atom is -0.292 e. The maximum absolute atomic E-state index is 11.5. The molecule has 0 N–H and O–H groups in total. The van der Waals surface area contributed by atoms with E-state index in [1.54, 1.807) is 0 Å². The Morgan fingerprint density at radius 2 is 2.23 bits per heavy atom. The van der Waals surface area contributed by atoms with Gasteiger partial charge >= 0.3 is 0 Å². The molecule has 0 aromatic carbocycles. The van der Waals surface area contributed by atoms with Crippen LogP contribution in [-0.4, -0.2) is 10.8 Å². The van der Waals surface area contributed by atoms with Gasteiger partial charge in [-0.3, -0.25) is 4.79 Å². The normalized spacial score (nSPS) is 15.7. The lowest BCUT2D eigenvalue weighted by molar-refractivity contribution is 0.0967. The third-order valence-corrected chi connectivity index (χ3v) is 2.63. The highest BCUT2D eigenvalue weighted by Gasteiger charge is 2.20. The number of ketones is 1. The highest BCUT2D eigenvalue weighted by atomic mass is 35.5. The summed E-state index contributed by atoms with van der Waals surface area (Å²) in [7, 11) is 0. The molecule has 2 rings (SSSR count). The van der Waals surface area contributed by atoms with Crippen LogP contribution in [-0.2, 0) is 6.42 Å². The van der Waals surface area contributed by atoms with Gasteiger partial charge in [0.25, 0.3) is 0 Å². The zero-order valence-electron chi connectivity index (χ0n) is 7.43. The number of pyridine rings is 1. The Bertz CT molecular complexity index is 373. The Balaban J connectivity index is 2.63. The van der Waals surface area contributed by atoms with Crippen molar-refractivity contribution in [1.29, 1.82) is 0 Å². The van der Waals surface area contributed by atoms with E-state index >= 15 is 0 Å². The lowest BCUT2D eigenvalue weighted by Gasteiger charge is -2.15. The van der Waals surface area contributed by atoms with E-state index in [1.807, 2.05) is 13.0 Å². The van der Waals surface area contributed by atoms with Gasteiger partial charge in [-0.05, 0) is 25.8 Å². The third kappa shape index (κ3) is 1.46. The molecule has 0 aliphatic heterocycles. The van der Waals surface area contributed by atoms with Crippen LogP contribution in [0.15, 0.2) is 6.07 Å². The SMILES string of the molecule is Cc1cc(Cl)c2c(n1)C(=O)CCC2. The second-order valence-electron chi connectivity index (χ2n) is 3.35. The van der Waals surface area contributed by atoms with E-state index < -0.39 is 0 Å². The van der Waals surface area contributed by atoms with Crippen molar-refractivity contribution in [1.82, 2.24) is 4.98 Å². The van der Waals surface area contributed by atoms with Gasteiger partial charge in [-0.1, -0.05) is 11.6 Å². The molecular weight excluding hydrogens is 186 g/mol. The number of fused-ring (bicyclic) bond motifs is 1. The number of hydrogen-bond donors (Lipinski definition) is 0. The molecule has 1 aliphatic carbocycles. The molecule has 1 heterocycles. The van der Waals surface area contributed by atoms with Gasteiger partial charge in [-0.15, -0.1) is 0 Å². The second-order valence-corrected chi connectivity index (χ2v) is 3.76. The molecule has 0 amide bonds. The van der Waals surface area contributed by atoms with E-state index in [1.165, 1.54) is 0 Å². The largest absolute Gasteiger partial charge is 0.292 e. The molecule has 2 nitrogen and oxygen atoms in total. The topological polar surface area (TPSA) is 30.0 Å². The van der Waals surface area contributed by atoms with E-state index in [0.717, 1.165) is 24.1 Å². The predicted molar refractivity (Wildman–Crippen MR) is 51.3 cm³/mol. The van der Waals surface area contributed by atoms with Crippen molar-refractivity contribution in [2.45, 2.75) is 26.2 Å². The molecule has 1 aliphatic rings. The summed E-state index contributed by atoms with van der Waals surface area (Å²) < 4.78 is 0. The number of Topliss-reactive ketones (excluding diaryl/α,β-unsaturated/α-hetero) is 1. The first-order valence-electron chi connectivity index (χ1n) is 4.37. The van der Waals surface area contributed by atoms with E-state index in [4.69, 9.17) is 11.6 Å². The van der Waals surface area contributed by atoms with Gasteiger partial charge in [0, 0.05) is 22.7 Å².